The summed E-state index contributed by atoms with van der Waals surface area (Å²) in [6, 6.07) is 2.66. The molecule has 4 nitrogen and oxygen atoms in total. The molecule has 0 heterocycles. The van der Waals surface area contributed by atoms with Gasteiger partial charge < -0.3 is 5.32 Å². The van der Waals surface area contributed by atoms with Gasteiger partial charge >= 0.3 is 0 Å². The Balaban J connectivity index is 2.37. The van der Waals surface area contributed by atoms with Crippen LogP contribution in [0, 0.1) is 5.92 Å². The molecule has 0 spiro atoms. The zero-order valence-electron chi connectivity index (χ0n) is 9.78. The third-order valence-electron chi connectivity index (χ3n) is 2.95. The molecule has 8 heteroatoms. The lowest BCUT2D eigenvalue weighted by Crippen LogP contribution is -2.27. The highest BCUT2D eigenvalue weighted by molar-refractivity contribution is 9.10. The third-order valence-corrected chi connectivity index (χ3v) is 5.55. The first-order chi connectivity index (χ1) is 8.70. The predicted molar refractivity (Wildman–Crippen MR) is 77.2 cm³/mol. The molecule has 0 aromatic heterocycles. The highest BCUT2D eigenvalue weighted by Gasteiger charge is 2.34. The largest absolute Gasteiger partial charge is 0.349 e. The van der Waals surface area contributed by atoms with E-state index in [-0.39, 0.29) is 26.0 Å². The topological polar surface area (TPSA) is 63.2 Å². The Labute approximate surface area is 129 Å². The van der Waals surface area contributed by atoms with E-state index in [1.165, 1.54) is 12.1 Å². The maximum atomic E-state index is 12.0. The van der Waals surface area contributed by atoms with E-state index in [1.54, 1.807) is 0 Å². The number of amides is 1. The van der Waals surface area contributed by atoms with Crippen molar-refractivity contribution in [1.82, 2.24) is 5.32 Å². The van der Waals surface area contributed by atoms with Crippen molar-refractivity contribution in [3.05, 3.63) is 27.2 Å². The third kappa shape index (κ3) is 3.42. The van der Waals surface area contributed by atoms with Crippen LogP contribution >= 0.6 is 38.2 Å². The molecular formula is C11H10BrCl2NO3S. The van der Waals surface area contributed by atoms with Gasteiger partial charge in [0.25, 0.3) is 15.0 Å². The smallest absolute Gasteiger partial charge is 0.262 e. The summed E-state index contributed by atoms with van der Waals surface area (Å²) in [5.74, 6) is 0.0443. The van der Waals surface area contributed by atoms with E-state index in [4.69, 9.17) is 22.3 Å². The minimum Gasteiger partial charge on any atom is -0.349 e. The summed E-state index contributed by atoms with van der Waals surface area (Å²) < 4.78 is 23.0. The molecule has 1 amide bonds. The van der Waals surface area contributed by atoms with E-state index < -0.39 is 15.0 Å². The Morgan fingerprint density at radius 1 is 1.47 bits per heavy atom. The van der Waals surface area contributed by atoms with Gasteiger partial charge in [0.15, 0.2) is 0 Å². The van der Waals surface area contributed by atoms with E-state index in [0.717, 1.165) is 6.42 Å². The van der Waals surface area contributed by atoms with Crippen LogP contribution in [0.15, 0.2) is 21.5 Å². The number of carbonyl (C=O) groups excluding carboxylic acids is 1. The molecule has 1 aliphatic rings. The number of rotatable bonds is 3. The number of benzene rings is 1. The molecule has 1 aromatic rings. The second kappa shape index (κ2) is 5.24. The lowest BCUT2D eigenvalue weighted by atomic mass is 10.2. The van der Waals surface area contributed by atoms with Crippen LogP contribution in [0.1, 0.15) is 23.7 Å². The van der Waals surface area contributed by atoms with Gasteiger partial charge in [0, 0.05) is 21.2 Å². The minimum atomic E-state index is -3.94. The number of nitrogens with one attached hydrogen (secondary N) is 1. The second-order valence-corrected chi connectivity index (χ2v) is 8.29. The molecule has 2 atom stereocenters. The van der Waals surface area contributed by atoms with Crippen molar-refractivity contribution in [3.63, 3.8) is 0 Å². The van der Waals surface area contributed by atoms with Gasteiger partial charge in [0.2, 0.25) is 0 Å². The van der Waals surface area contributed by atoms with Crippen LogP contribution in [-0.2, 0) is 9.05 Å². The molecule has 1 saturated carbocycles. The van der Waals surface area contributed by atoms with Crippen LogP contribution < -0.4 is 5.32 Å². The van der Waals surface area contributed by atoms with E-state index in [2.05, 4.69) is 21.2 Å². The van der Waals surface area contributed by atoms with Crippen LogP contribution in [0.5, 0.6) is 0 Å². The molecule has 0 aliphatic heterocycles. The van der Waals surface area contributed by atoms with Crippen molar-refractivity contribution in [2.45, 2.75) is 24.3 Å². The monoisotopic (exact) mass is 385 g/mol. The highest BCUT2D eigenvalue weighted by atomic mass is 79.9. The molecular weight excluding hydrogens is 377 g/mol. The van der Waals surface area contributed by atoms with E-state index in [9.17, 15) is 13.2 Å². The average molecular weight is 387 g/mol. The SMILES string of the molecule is CC1CC1NC(=O)c1cc(S(=O)(=O)Cl)c(Br)cc1Cl. The Kier molecular flexibility index (Phi) is 4.16. The van der Waals surface area contributed by atoms with Crippen molar-refractivity contribution >= 4 is 53.2 Å². The summed E-state index contributed by atoms with van der Waals surface area (Å²) in [5, 5.41) is 2.95. The van der Waals surface area contributed by atoms with Gasteiger partial charge in [0.1, 0.15) is 0 Å². The number of hydrogen-bond donors (Lipinski definition) is 1. The zero-order valence-corrected chi connectivity index (χ0v) is 13.7. The fourth-order valence-electron chi connectivity index (χ4n) is 1.66. The number of hydrogen-bond acceptors (Lipinski definition) is 3. The molecule has 0 bridgehead atoms. The summed E-state index contributed by atoms with van der Waals surface area (Å²) in [7, 11) is 1.36. The fraction of sp³-hybridized carbons (Fsp3) is 0.364. The van der Waals surface area contributed by atoms with Gasteiger partial charge in [-0.05, 0) is 40.4 Å². The van der Waals surface area contributed by atoms with Gasteiger partial charge in [-0.25, -0.2) is 8.42 Å². The van der Waals surface area contributed by atoms with Crippen LogP contribution in [0.4, 0.5) is 0 Å². The molecule has 2 rings (SSSR count). The summed E-state index contributed by atoms with van der Waals surface area (Å²) in [4.78, 5) is 11.8. The molecule has 0 radical (unpaired) electrons. The number of carbonyl (C=O) groups is 1. The summed E-state index contributed by atoms with van der Waals surface area (Å²) in [6.07, 6.45) is 0.917. The Morgan fingerprint density at radius 3 is 2.53 bits per heavy atom. The Bertz CT molecular complexity index is 648. The van der Waals surface area contributed by atoms with Crippen molar-refractivity contribution in [2.24, 2.45) is 5.92 Å². The second-order valence-electron chi connectivity index (χ2n) is 4.49. The summed E-state index contributed by atoms with van der Waals surface area (Å²) >= 11 is 9.02. The molecule has 1 N–H and O–H groups in total. The van der Waals surface area contributed by atoms with Crippen LogP contribution in [0.2, 0.25) is 5.02 Å². The van der Waals surface area contributed by atoms with Crippen molar-refractivity contribution < 1.29 is 13.2 Å². The van der Waals surface area contributed by atoms with Crippen molar-refractivity contribution in [3.8, 4) is 0 Å². The first-order valence-electron chi connectivity index (χ1n) is 5.44. The van der Waals surface area contributed by atoms with E-state index >= 15 is 0 Å². The maximum Gasteiger partial charge on any atom is 0.262 e. The fourth-order valence-corrected chi connectivity index (χ4v) is 4.24. The molecule has 0 saturated heterocycles. The van der Waals surface area contributed by atoms with Crippen molar-refractivity contribution in [2.75, 3.05) is 0 Å². The Hall–Kier alpha value is -0.300. The first kappa shape index (κ1) is 15.1. The standard InChI is InChI=1S/C11H10BrCl2NO3S/c1-5-2-9(5)15-11(16)6-3-10(19(14,17)18)7(12)4-8(6)13/h3-5,9H,2H2,1H3,(H,15,16). The summed E-state index contributed by atoms with van der Waals surface area (Å²) in [5.41, 5.74) is 0.100. The van der Waals surface area contributed by atoms with Gasteiger partial charge in [-0.1, -0.05) is 18.5 Å². The summed E-state index contributed by atoms with van der Waals surface area (Å²) in [6.45, 7) is 2.02. The quantitative estimate of drug-likeness (QED) is 0.811. The molecule has 1 fully saturated rings. The Morgan fingerprint density at radius 2 is 2.05 bits per heavy atom. The molecule has 1 aromatic carbocycles. The first-order valence-corrected chi connectivity index (χ1v) is 8.92. The van der Waals surface area contributed by atoms with E-state index in [0.29, 0.717) is 5.92 Å². The molecule has 1 aliphatic carbocycles. The average Bonchev–Trinajstić information content (AvgIpc) is 2.91. The lowest BCUT2D eigenvalue weighted by molar-refractivity contribution is 0.0949. The molecule has 104 valence electrons. The molecule has 2 unspecified atom stereocenters. The van der Waals surface area contributed by atoms with Crippen LogP contribution in [0.25, 0.3) is 0 Å². The molecule has 19 heavy (non-hydrogen) atoms. The maximum absolute atomic E-state index is 12.0. The van der Waals surface area contributed by atoms with Gasteiger partial charge in [-0.2, -0.15) is 0 Å². The van der Waals surface area contributed by atoms with Crippen LogP contribution in [-0.4, -0.2) is 20.4 Å². The normalized spacial score (nSPS) is 22.1. The van der Waals surface area contributed by atoms with Crippen LogP contribution in [0.3, 0.4) is 0 Å². The van der Waals surface area contributed by atoms with Gasteiger partial charge in [0.05, 0.1) is 15.5 Å². The number of halogens is 3. The highest BCUT2D eigenvalue weighted by Crippen LogP contribution is 2.33. The van der Waals surface area contributed by atoms with Gasteiger partial charge in [-0.15, -0.1) is 0 Å². The van der Waals surface area contributed by atoms with Crippen molar-refractivity contribution in [1.29, 1.82) is 0 Å². The van der Waals surface area contributed by atoms with E-state index in [1.807, 2.05) is 6.92 Å². The predicted octanol–water partition coefficient (Wildman–Crippen LogP) is 3.17. The zero-order chi connectivity index (χ0) is 14.4. The minimum absolute atomic E-state index is 0.100. The lowest BCUT2D eigenvalue weighted by Gasteiger charge is -2.09. The van der Waals surface area contributed by atoms with Gasteiger partial charge in [-0.3, -0.25) is 4.79 Å².